The number of benzene rings is 1. The first kappa shape index (κ1) is 19.8. The Morgan fingerprint density at radius 2 is 1.87 bits per heavy atom. The molecule has 0 radical (unpaired) electrons. The van der Waals surface area contributed by atoms with Crippen LogP contribution in [-0.2, 0) is 15.1 Å². The van der Waals surface area contributed by atoms with Crippen molar-refractivity contribution in [3.05, 3.63) is 48.3 Å². The molecule has 2 N–H and O–H groups in total. The SMILES string of the molecule is O=C(CC1(n2cccc2)CCCCC1)Nc1ccc2c(c1)C(=O)N1CCC[C@@H]1C(=O)N2. The molecule has 2 aliphatic heterocycles. The van der Waals surface area contributed by atoms with Gasteiger partial charge in [0.05, 0.1) is 23.2 Å². The van der Waals surface area contributed by atoms with Crippen molar-refractivity contribution in [3.8, 4) is 0 Å². The number of aromatic nitrogens is 1. The van der Waals surface area contributed by atoms with Crippen molar-refractivity contribution in [1.82, 2.24) is 9.47 Å². The van der Waals surface area contributed by atoms with Crippen molar-refractivity contribution in [2.24, 2.45) is 0 Å². The Hall–Kier alpha value is -3.09. The van der Waals surface area contributed by atoms with E-state index in [9.17, 15) is 14.4 Å². The largest absolute Gasteiger partial charge is 0.348 e. The fourth-order valence-electron chi connectivity index (χ4n) is 5.45. The summed E-state index contributed by atoms with van der Waals surface area (Å²) in [5.41, 5.74) is 1.35. The van der Waals surface area contributed by atoms with Crippen LogP contribution in [0.1, 0.15) is 61.7 Å². The summed E-state index contributed by atoms with van der Waals surface area (Å²) in [5.74, 6) is -0.338. The molecule has 7 nitrogen and oxygen atoms in total. The fraction of sp³-hybridized carbons (Fsp3) is 0.458. The van der Waals surface area contributed by atoms with Gasteiger partial charge < -0.3 is 20.1 Å². The van der Waals surface area contributed by atoms with E-state index in [1.165, 1.54) is 6.42 Å². The van der Waals surface area contributed by atoms with Crippen LogP contribution in [0.2, 0.25) is 0 Å². The first-order valence-electron chi connectivity index (χ1n) is 11.2. The number of hydrogen-bond donors (Lipinski definition) is 2. The molecule has 2 aromatic rings. The van der Waals surface area contributed by atoms with E-state index in [0.717, 1.165) is 32.1 Å². The predicted molar refractivity (Wildman–Crippen MR) is 118 cm³/mol. The average Bonchev–Trinajstić information content (AvgIpc) is 3.46. The van der Waals surface area contributed by atoms with E-state index in [0.29, 0.717) is 36.3 Å². The molecule has 0 spiro atoms. The molecule has 1 atom stereocenters. The molecule has 1 saturated heterocycles. The van der Waals surface area contributed by atoms with Crippen molar-refractivity contribution in [2.75, 3.05) is 17.2 Å². The Bertz CT molecular complexity index is 1010. The third kappa shape index (κ3) is 3.62. The molecule has 1 aromatic heterocycles. The first-order chi connectivity index (χ1) is 15.1. The minimum atomic E-state index is -0.398. The van der Waals surface area contributed by atoms with E-state index in [-0.39, 0.29) is 23.3 Å². The highest BCUT2D eigenvalue weighted by atomic mass is 16.2. The number of anilines is 2. The molecule has 1 aliphatic carbocycles. The van der Waals surface area contributed by atoms with Gasteiger partial charge in [-0.1, -0.05) is 19.3 Å². The maximum atomic E-state index is 13.0. The van der Waals surface area contributed by atoms with Crippen molar-refractivity contribution < 1.29 is 14.4 Å². The zero-order chi connectivity index (χ0) is 21.4. The Morgan fingerprint density at radius 3 is 2.65 bits per heavy atom. The summed E-state index contributed by atoms with van der Waals surface area (Å²) in [5, 5.41) is 5.88. The summed E-state index contributed by atoms with van der Waals surface area (Å²) in [6, 6.07) is 8.78. The zero-order valence-corrected chi connectivity index (χ0v) is 17.6. The second-order valence-corrected chi connectivity index (χ2v) is 9.01. The van der Waals surface area contributed by atoms with Crippen LogP contribution in [0, 0.1) is 0 Å². The van der Waals surface area contributed by atoms with Crippen molar-refractivity contribution in [1.29, 1.82) is 0 Å². The smallest absolute Gasteiger partial charge is 0.256 e. The highest BCUT2D eigenvalue weighted by molar-refractivity contribution is 6.11. The van der Waals surface area contributed by atoms with Gasteiger partial charge in [0.15, 0.2) is 0 Å². The van der Waals surface area contributed by atoms with Gasteiger partial charge in [0.1, 0.15) is 6.04 Å². The summed E-state index contributed by atoms with van der Waals surface area (Å²) < 4.78 is 2.19. The number of fused-ring (bicyclic) bond motifs is 2. The maximum absolute atomic E-state index is 13.0. The zero-order valence-electron chi connectivity index (χ0n) is 17.6. The van der Waals surface area contributed by atoms with Crippen LogP contribution in [0.5, 0.6) is 0 Å². The summed E-state index contributed by atoms with van der Waals surface area (Å²) in [6.07, 6.45) is 11.4. The topological polar surface area (TPSA) is 83.4 Å². The quantitative estimate of drug-likeness (QED) is 0.791. The standard InChI is InChI=1S/C24H28N4O3/c29-21(16-24(10-2-1-3-11-24)27-12-4-5-13-27)25-17-8-9-19-18(15-17)23(31)28-14-6-7-20(28)22(30)26-19/h4-5,8-9,12-13,15,20H,1-3,6-7,10-11,14,16H2,(H,25,29)(H,26,30)/t20-/m1/s1. The second-order valence-electron chi connectivity index (χ2n) is 9.01. The Labute approximate surface area is 181 Å². The van der Waals surface area contributed by atoms with E-state index >= 15 is 0 Å². The normalized spacial score (nSPS) is 22.3. The molecular weight excluding hydrogens is 392 g/mol. The molecule has 31 heavy (non-hydrogen) atoms. The summed E-state index contributed by atoms with van der Waals surface area (Å²) in [6.45, 7) is 0.590. The lowest BCUT2D eigenvalue weighted by atomic mass is 9.78. The van der Waals surface area contributed by atoms with Crippen molar-refractivity contribution in [2.45, 2.75) is 62.9 Å². The lowest BCUT2D eigenvalue weighted by Gasteiger charge is -2.38. The van der Waals surface area contributed by atoms with Gasteiger partial charge in [-0.05, 0) is 56.0 Å². The number of nitrogens with one attached hydrogen (secondary N) is 2. The van der Waals surface area contributed by atoms with Gasteiger partial charge in [0.25, 0.3) is 5.91 Å². The average molecular weight is 421 g/mol. The van der Waals surface area contributed by atoms with Gasteiger partial charge in [-0.2, -0.15) is 0 Å². The molecular formula is C24H28N4O3. The summed E-state index contributed by atoms with van der Waals surface area (Å²) in [4.78, 5) is 40.2. The fourth-order valence-corrected chi connectivity index (χ4v) is 5.45. The molecule has 5 rings (SSSR count). The first-order valence-corrected chi connectivity index (χ1v) is 11.2. The Morgan fingerprint density at radius 1 is 1.10 bits per heavy atom. The molecule has 0 unspecified atom stereocenters. The maximum Gasteiger partial charge on any atom is 0.256 e. The third-order valence-corrected chi connectivity index (χ3v) is 7.03. The van der Waals surface area contributed by atoms with Gasteiger partial charge in [0, 0.05) is 24.6 Å². The molecule has 3 heterocycles. The van der Waals surface area contributed by atoms with Crippen LogP contribution in [0.25, 0.3) is 0 Å². The lowest BCUT2D eigenvalue weighted by Crippen LogP contribution is -2.40. The van der Waals surface area contributed by atoms with Crippen LogP contribution < -0.4 is 10.6 Å². The summed E-state index contributed by atoms with van der Waals surface area (Å²) in [7, 11) is 0. The number of hydrogen-bond acceptors (Lipinski definition) is 3. The monoisotopic (exact) mass is 420 g/mol. The van der Waals surface area contributed by atoms with E-state index in [4.69, 9.17) is 0 Å². The molecule has 2 fully saturated rings. The Kier molecular flexibility index (Phi) is 5.04. The van der Waals surface area contributed by atoms with Crippen LogP contribution >= 0.6 is 0 Å². The van der Waals surface area contributed by atoms with Crippen LogP contribution in [-0.4, -0.2) is 39.8 Å². The van der Waals surface area contributed by atoms with E-state index in [1.807, 2.05) is 12.1 Å². The third-order valence-electron chi connectivity index (χ3n) is 7.03. The minimum absolute atomic E-state index is 0.0558. The predicted octanol–water partition coefficient (Wildman–Crippen LogP) is 3.73. The second kappa shape index (κ2) is 7.87. The number of carbonyl (C=O) groups excluding carboxylic acids is 3. The molecule has 162 valence electrons. The van der Waals surface area contributed by atoms with Crippen LogP contribution in [0.3, 0.4) is 0 Å². The van der Waals surface area contributed by atoms with Gasteiger partial charge in [0.2, 0.25) is 11.8 Å². The van der Waals surface area contributed by atoms with Crippen molar-refractivity contribution in [3.63, 3.8) is 0 Å². The number of rotatable bonds is 4. The molecule has 1 aromatic carbocycles. The molecule has 1 saturated carbocycles. The van der Waals surface area contributed by atoms with E-state index < -0.39 is 6.04 Å². The van der Waals surface area contributed by atoms with Gasteiger partial charge in [-0.15, -0.1) is 0 Å². The van der Waals surface area contributed by atoms with Crippen molar-refractivity contribution >= 4 is 29.1 Å². The number of carbonyl (C=O) groups is 3. The summed E-state index contributed by atoms with van der Waals surface area (Å²) >= 11 is 0. The highest BCUT2D eigenvalue weighted by Crippen LogP contribution is 2.38. The highest BCUT2D eigenvalue weighted by Gasteiger charge is 2.39. The number of nitrogens with zero attached hydrogens (tertiary/aromatic N) is 2. The lowest BCUT2D eigenvalue weighted by molar-refractivity contribution is -0.120. The van der Waals surface area contributed by atoms with E-state index in [1.54, 1.807) is 23.1 Å². The van der Waals surface area contributed by atoms with Crippen LogP contribution in [0.4, 0.5) is 11.4 Å². The number of amides is 3. The van der Waals surface area contributed by atoms with Crippen LogP contribution in [0.15, 0.2) is 42.7 Å². The molecule has 3 amide bonds. The van der Waals surface area contributed by atoms with Gasteiger partial charge in [-0.3, -0.25) is 14.4 Å². The molecule has 3 aliphatic rings. The Balaban J connectivity index is 1.36. The van der Waals surface area contributed by atoms with E-state index in [2.05, 4.69) is 27.6 Å². The van der Waals surface area contributed by atoms with Gasteiger partial charge >= 0.3 is 0 Å². The molecule has 7 heteroatoms. The molecule has 0 bridgehead atoms. The minimum Gasteiger partial charge on any atom is -0.348 e. The van der Waals surface area contributed by atoms with Gasteiger partial charge in [-0.25, -0.2) is 0 Å².